The van der Waals surface area contributed by atoms with Gasteiger partial charge in [-0.15, -0.1) is 0 Å². The largest absolute Gasteiger partial charge is 0.241 e. The molecular weight excluding hydrogens is 246 g/mol. The molecule has 4 rings (SSSR count). The Morgan fingerprint density at radius 1 is 0.850 bits per heavy atom. The van der Waals surface area contributed by atoms with Crippen LogP contribution < -0.4 is 0 Å². The third-order valence-electron chi connectivity index (χ3n) is 4.06. The molecule has 0 bridgehead atoms. The van der Waals surface area contributed by atoms with E-state index in [0.29, 0.717) is 0 Å². The lowest BCUT2D eigenvalue weighted by Gasteiger charge is -2.20. The molecule has 1 aliphatic carbocycles. The summed E-state index contributed by atoms with van der Waals surface area (Å²) >= 11 is 0. The second-order valence-corrected chi connectivity index (χ2v) is 5.18. The maximum atomic E-state index is 4.38. The van der Waals surface area contributed by atoms with Gasteiger partial charge in [0.1, 0.15) is 18.7 Å². The Hall–Kier alpha value is -2.42. The number of fused-ring (bicyclic) bond motifs is 2. The molecule has 0 fully saturated rings. The van der Waals surface area contributed by atoms with Crippen LogP contribution in [0.3, 0.4) is 0 Å². The van der Waals surface area contributed by atoms with Gasteiger partial charge in [-0.05, 0) is 35.1 Å². The van der Waals surface area contributed by atoms with Gasteiger partial charge >= 0.3 is 0 Å². The van der Waals surface area contributed by atoms with Crippen LogP contribution in [0.25, 0.3) is 0 Å². The molecule has 2 aromatic carbocycles. The Morgan fingerprint density at radius 3 is 2.00 bits per heavy atom. The van der Waals surface area contributed by atoms with Crippen molar-refractivity contribution in [3.05, 3.63) is 83.4 Å². The van der Waals surface area contributed by atoms with Crippen molar-refractivity contribution in [1.29, 1.82) is 0 Å². The second-order valence-electron chi connectivity index (χ2n) is 5.18. The van der Waals surface area contributed by atoms with Crippen molar-refractivity contribution in [3.63, 3.8) is 0 Å². The van der Waals surface area contributed by atoms with Gasteiger partial charge in [-0.3, -0.25) is 0 Å². The number of aryl methyl sites for hydroxylation is 2. The van der Waals surface area contributed by atoms with Crippen molar-refractivity contribution < 1.29 is 0 Å². The van der Waals surface area contributed by atoms with Crippen LogP contribution in [0.2, 0.25) is 0 Å². The van der Waals surface area contributed by atoms with E-state index in [1.54, 1.807) is 6.33 Å². The van der Waals surface area contributed by atoms with Crippen LogP contribution in [-0.4, -0.2) is 14.8 Å². The fraction of sp³-hybridized carbons (Fsp3) is 0.176. The van der Waals surface area contributed by atoms with Gasteiger partial charge in [0.15, 0.2) is 0 Å². The van der Waals surface area contributed by atoms with Crippen molar-refractivity contribution in [2.24, 2.45) is 0 Å². The Balaban J connectivity index is 1.99. The summed E-state index contributed by atoms with van der Waals surface area (Å²) in [5.41, 5.74) is 5.49. The molecule has 98 valence electrons. The quantitative estimate of drug-likeness (QED) is 0.674. The van der Waals surface area contributed by atoms with Crippen LogP contribution in [-0.2, 0) is 12.8 Å². The highest BCUT2D eigenvalue weighted by Crippen LogP contribution is 2.34. The highest BCUT2D eigenvalue weighted by Gasteiger charge is 2.24. The average molecular weight is 261 g/mol. The Morgan fingerprint density at radius 2 is 1.45 bits per heavy atom. The monoisotopic (exact) mass is 261 g/mol. The Kier molecular flexibility index (Phi) is 2.62. The van der Waals surface area contributed by atoms with Gasteiger partial charge in [-0.1, -0.05) is 48.5 Å². The second kappa shape index (κ2) is 4.60. The molecule has 0 atom stereocenters. The summed E-state index contributed by atoms with van der Waals surface area (Å²) in [7, 11) is 0. The van der Waals surface area contributed by atoms with E-state index >= 15 is 0 Å². The molecule has 0 amide bonds. The molecule has 0 radical (unpaired) electrons. The van der Waals surface area contributed by atoms with E-state index in [2.05, 4.69) is 58.6 Å². The number of benzene rings is 2. The van der Waals surface area contributed by atoms with Gasteiger partial charge in [0, 0.05) is 0 Å². The van der Waals surface area contributed by atoms with Gasteiger partial charge in [0.25, 0.3) is 0 Å². The predicted molar refractivity (Wildman–Crippen MR) is 77.6 cm³/mol. The van der Waals surface area contributed by atoms with Crippen LogP contribution in [0.4, 0.5) is 0 Å². The molecule has 0 saturated heterocycles. The topological polar surface area (TPSA) is 30.7 Å². The van der Waals surface area contributed by atoms with Crippen LogP contribution in [0.5, 0.6) is 0 Å². The first-order valence-corrected chi connectivity index (χ1v) is 6.93. The summed E-state index contributed by atoms with van der Waals surface area (Å²) in [6.07, 6.45) is 5.58. The molecular formula is C17H15N3. The standard InChI is InChI=1S/C17H15N3/c1-3-7-15-13(5-1)9-10-14-6-2-4-8-16(14)17(15)20-12-18-11-19-20/h1-8,11-12,17H,9-10H2. The van der Waals surface area contributed by atoms with Gasteiger partial charge < -0.3 is 0 Å². The SMILES string of the molecule is c1ccc2c(c1)CCc1ccccc1C2n1cncn1. The van der Waals surface area contributed by atoms with Crippen molar-refractivity contribution >= 4 is 0 Å². The van der Waals surface area contributed by atoms with Crippen LogP contribution in [0.1, 0.15) is 28.3 Å². The molecule has 3 aromatic rings. The number of hydrogen-bond acceptors (Lipinski definition) is 2. The highest BCUT2D eigenvalue weighted by atomic mass is 15.3. The Labute approximate surface area is 117 Å². The fourth-order valence-corrected chi connectivity index (χ4v) is 3.13. The lowest BCUT2D eigenvalue weighted by Crippen LogP contribution is -2.14. The smallest absolute Gasteiger partial charge is 0.137 e. The summed E-state index contributed by atoms with van der Waals surface area (Å²) in [4.78, 5) is 4.13. The average Bonchev–Trinajstić information content (AvgIpc) is 2.96. The lowest BCUT2D eigenvalue weighted by atomic mass is 9.95. The molecule has 0 N–H and O–H groups in total. The third-order valence-corrected chi connectivity index (χ3v) is 4.06. The van der Waals surface area contributed by atoms with Gasteiger partial charge in [0.2, 0.25) is 0 Å². The van der Waals surface area contributed by atoms with E-state index in [-0.39, 0.29) is 6.04 Å². The number of nitrogens with zero attached hydrogens (tertiary/aromatic N) is 3. The molecule has 3 nitrogen and oxygen atoms in total. The third kappa shape index (κ3) is 1.74. The summed E-state index contributed by atoms with van der Waals surface area (Å²) in [5.74, 6) is 0. The van der Waals surface area contributed by atoms with Gasteiger partial charge in [-0.2, -0.15) is 5.10 Å². The molecule has 1 aliphatic rings. The van der Waals surface area contributed by atoms with Gasteiger partial charge in [-0.25, -0.2) is 9.67 Å². The van der Waals surface area contributed by atoms with E-state index < -0.39 is 0 Å². The zero-order valence-electron chi connectivity index (χ0n) is 11.1. The summed E-state index contributed by atoms with van der Waals surface area (Å²) < 4.78 is 1.96. The van der Waals surface area contributed by atoms with E-state index in [9.17, 15) is 0 Å². The minimum Gasteiger partial charge on any atom is -0.241 e. The molecule has 0 saturated carbocycles. The number of aromatic nitrogens is 3. The van der Waals surface area contributed by atoms with Crippen LogP contribution in [0.15, 0.2) is 61.2 Å². The molecule has 1 heterocycles. The van der Waals surface area contributed by atoms with Crippen molar-refractivity contribution in [2.75, 3.05) is 0 Å². The van der Waals surface area contributed by atoms with Crippen molar-refractivity contribution in [3.8, 4) is 0 Å². The normalized spacial score (nSPS) is 14.4. The molecule has 3 heteroatoms. The Bertz CT molecular complexity index is 684. The van der Waals surface area contributed by atoms with E-state index in [0.717, 1.165) is 12.8 Å². The first kappa shape index (κ1) is 11.4. The molecule has 0 unspecified atom stereocenters. The maximum Gasteiger partial charge on any atom is 0.137 e. The van der Waals surface area contributed by atoms with Crippen molar-refractivity contribution in [2.45, 2.75) is 18.9 Å². The molecule has 1 aromatic heterocycles. The van der Waals surface area contributed by atoms with Crippen molar-refractivity contribution in [1.82, 2.24) is 14.8 Å². The van der Waals surface area contributed by atoms with E-state index in [1.807, 2.05) is 11.0 Å². The minimum absolute atomic E-state index is 0.132. The van der Waals surface area contributed by atoms with Crippen LogP contribution in [0, 0.1) is 0 Å². The molecule has 20 heavy (non-hydrogen) atoms. The zero-order valence-corrected chi connectivity index (χ0v) is 11.1. The summed E-state index contributed by atoms with van der Waals surface area (Å²) in [6.45, 7) is 0. The molecule has 0 aliphatic heterocycles. The van der Waals surface area contributed by atoms with Crippen LogP contribution >= 0.6 is 0 Å². The first-order chi connectivity index (χ1) is 9.93. The number of hydrogen-bond donors (Lipinski definition) is 0. The minimum atomic E-state index is 0.132. The maximum absolute atomic E-state index is 4.38. The van der Waals surface area contributed by atoms with E-state index in [4.69, 9.17) is 0 Å². The molecule has 0 spiro atoms. The summed E-state index contributed by atoms with van der Waals surface area (Å²) in [6, 6.07) is 17.5. The zero-order chi connectivity index (χ0) is 13.4. The summed E-state index contributed by atoms with van der Waals surface area (Å²) in [5, 5.41) is 4.38. The fourth-order valence-electron chi connectivity index (χ4n) is 3.13. The highest BCUT2D eigenvalue weighted by molar-refractivity contribution is 5.44. The van der Waals surface area contributed by atoms with Gasteiger partial charge in [0.05, 0.1) is 0 Å². The number of rotatable bonds is 1. The van der Waals surface area contributed by atoms with E-state index in [1.165, 1.54) is 22.3 Å². The lowest BCUT2D eigenvalue weighted by molar-refractivity contribution is 0.591. The predicted octanol–water partition coefficient (Wildman–Crippen LogP) is 3.01. The first-order valence-electron chi connectivity index (χ1n) is 6.93.